The van der Waals surface area contributed by atoms with E-state index in [0.29, 0.717) is 0 Å². The minimum absolute atomic E-state index is 0.752. The van der Waals surface area contributed by atoms with Crippen molar-refractivity contribution in [2.24, 2.45) is 7.05 Å². The molecule has 0 unspecified atom stereocenters. The van der Waals surface area contributed by atoms with E-state index < -0.39 is 11.4 Å². The predicted molar refractivity (Wildman–Crippen MR) is 70.1 cm³/mol. The SMILES string of the molecule is COc1cccc2c(C(C)(C)C(=O)O)cn(C)c12. The monoisotopic (exact) mass is 247 g/mol. The highest BCUT2D eigenvalue weighted by Crippen LogP contribution is 2.35. The van der Waals surface area contributed by atoms with E-state index in [2.05, 4.69) is 0 Å². The van der Waals surface area contributed by atoms with Gasteiger partial charge in [-0.2, -0.15) is 0 Å². The first kappa shape index (κ1) is 12.5. The Morgan fingerprint density at radius 3 is 2.61 bits per heavy atom. The molecule has 0 aliphatic rings. The molecule has 0 fully saturated rings. The van der Waals surface area contributed by atoms with Gasteiger partial charge in [0.15, 0.2) is 0 Å². The number of hydrogen-bond acceptors (Lipinski definition) is 2. The summed E-state index contributed by atoms with van der Waals surface area (Å²) in [7, 11) is 3.51. The number of benzene rings is 1. The van der Waals surface area contributed by atoms with Crippen LogP contribution in [0.4, 0.5) is 0 Å². The van der Waals surface area contributed by atoms with Crippen LogP contribution in [0.2, 0.25) is 0 Å². The van der Waals surface area contributed by atoms with Crippen LogP contribution in [0, 0.1) is 0 Å². The summed E-state index contributed by atoms with van der Waals surface area (Å²) in [6.45, 7) is 3.42. The highest BCUT2D eigenvalue weighted by atomic mass is 16.5. The summed E-state index contributed by atoms with van der Waals surface area (Å²) in [6.07, 6.45) is 1.86. The molecule has 1 aromatic carbocycles. The van der Waals surface area contributed by atoms with Gasteiger partial charge < -0.3 is 14.4 Å². The van der Waals surface area contributed by atoms with Crippen LogP contribution in [-0.2, 0) is 17.3 Å². The lowest BCUT2D eigenvalue weighted by Crippen LogP contribution is -2.28. The Morgan fingerprint density at radius 2 is 2.06 bits per heavy atom. The Labute approximate surface area is 106 Å². The Balaban J connectivity index is 2.80. The van der Waals surface area contributed by atoms with Gasteiger partial charge in [0.05, 0.1) is 18.0 Å². The zero-order chi connectivity index (χ0) is 13.5. The van der Waals surface area contributed by atoms with Crippen molar-refractivity contribution in [1.29, 1.82) is 0 Å². The van der Waals surface area contributed by atoms with Gasteiger partial charge in [-0.1, -0.05) is 12.1 Å². The van der Waals surface area contributed by atoms with E-state index in [0.717, 1.165) is 22.2 Å². The fraction of sp³-hybridized carbons (Fsp3) is 0.357. The first-order valence-electron chi connectivity index (χ1n) is 5.75. The number of methoxy groups -OCH3 is 1. The van der Waals surface area contributed by atoms with Crippen molar-refractivity contribution in [1.82, 2.24) is 4.57 Å². The average Bonchev–Trinajstić information content (AvgIpc) is 2.67. The van der Waals surface area contributed by atoms with Crippen LogP contribution < -0.4 is 4.74 Å². The zero-order valence-electron chi connectivity index (χ0n) is 11.0. The number of para-hydroxylation sites is 1. The van der Waals surface area contributed by atoms with Gasteiger partial charge in [-0.05, 0) is 25.5 Å². The summed E-state index contributed by atoms with van der Waals surface area (Å²) in [5.41, 5.74) is 0.794. The molecule has 4 heteroatoms. The van der Waals surface area contributed by atoms with Crippen molar-refractivity contribution in [3.63, 3.8) is 0 Å². The molecule has 0 bridgehead atoms. The first-order chi connectivity index (χ1) is 8.39. The largest absolute Gasteiger partial charge is 0.495 e. The van der Waals surface area contributed by atoms with Crippen molar-refractivity contribution in [2.45, 2.75) is 19.3 Å². The van der Waals surface area contributed by atoms with E-state index in [-0.39, 0.29) is 0 Å². The molecule has 0 spiro atoms. The van der Waals surface area contributed by atoms with Gasteiger partial charge in [-0.3, -0.25) is 4.79 Å². The lowest BCUT2D eigenvalue weighted by molar-refractivity contribution is -0.142. The van der Waals surface area contributed by atoms with Crippen molar-refractivity contribution in [3.8, 4) is 5.75 Å². The van der Waals surface area contributed by atoms with Crippen molar-refractivity contribution < 1.29 is 14.6 Å². The van der Waals surface area contributed by atoms with Crippen LogP contribution in [0.25, 0.3) is 10.9 Å². The summed E-state index contributed by atoms with van der Waals surface area (Å²) in [6, 6.07) is 5.68. The number of ether oxygens (including phenoxy) is 1. The fourth-order valence-corrected chi connectivity index (χ4v) is 2.21. The molecule has 1 N–H and O–H groups in total. The number of fused-ring (bicyclic) bond motifs is 1. The Bertz CT molecular complexity index is 611. The molecule has 0 atom stereocenters. The van der Waals surface area contributed by atoms with Crippen molar-refractivity contribution in [3.05, 3.63) is 30.0 Å². The minimum Gasteiger partial charge on any atom is -0.495 e. The number of aromatic nitrogens is 1. The molecule has 0 aliphatic heterocycles. The van der Waals surface area contributed by atoms with Gasteiger partial charge in [0.2, 0.25) is 0 Å². The van der Waals surface area contributed by atoms with Gasteiger partial charge in [-0.25, -0.2) is 0 Å². The number of carboxylic acids is 1. The van der Waals surface area contributed by atoms with Gasteiger partial charge in [0.25, 0.3) is 0 Å². The maximum atomic E-state index is 11.4. The van der Waals surface area contributed by atoms with E-state index in [1.54, 1.807) is 21.0 Å². The number of aryl methyl sites for hydroxylation is 1. The van der Waals surface area contributed by atoms with Crippen LogP contribution in [-0.4, -0.2) is 22.8 Å². The predicted octanol–water partition coefficient (Wildman–Crippen LogP) is 2.55. The number of rotatable bonds is 3. The number of aliphatic carboxylic acids is 1. The topological polar surface area (TPSA) is 51.5 Å². The van der Waals surface area contributed by atoms with E-state index in [1.165, 1.54) is 0 Å². The van der Waals surface area contributed by atoms with E-state index in [4.69, 9.17) is 4.74 Å². The second-order valence-corrected chi connectivity index (χ2v) is 4.94. The molecular weight excluding hydrogens is 230 g/mol. The maximum Gasteiger partial charge on any atom is 0.313 e. The number of hydrogen-bond donors (Lipinski definition) is 1. The Kier molecular flexibility index (Phi) is 2.81. The quantitative estimate of drug-likeness (QED) is 0.906. The van der Waals surface area contributed by atoms with Crippen molar-refractivity contribution in [2.75, 3.05) is 7.11 Å². The van der Waals surface area contributed by atoms with Gasteiger partial charge in [0, 0.05) is 18.6 Å². The molecule has 1 aromatic heterocycles. The maximum absolute atomic E-state index is 11.4. The lowest BCUT2D eigenvalue weighted by Gasteiger charge is -2.18. The summed E-state index contributed by atoms with van der Waals surface area (Å²) >= 11 is 0. The third-order valence-corrected chi connectivity index (χ3v) is 3.39. The van der Waals surface area contributed by atoms with Gasteiger partial charge in [0.1, 0.15) is 5.75 Å². The molecule has 2 rings (SSSR count). The van der Waals surface area contributed by atoms with Crippen LogP contribution in [0.3, 0.4) is 0 Å². The van der Waals surface area contributed by atoms with E-state index >= 15 is 0 Å². The molecule has 18 heavy (non-hydrogen) atoms. The molecule has 4 nitrogen and oxygen atoms in total. The average molecular weight is 247 g/mol. The van der Waals surface area contributed by atoms with Crippen molar-refractivity contribution >= 4 is 16.9 Å². The highest BCUT2D eigenvalue weighted by molar-refractivity contribution is 5.94. The Morgan fingerprint density at radius 1 is 1.39 bits per heavy atom. The van der Waals surface area contributed by atoms with Gasteiger partial charge in [-0.15, -0.1) is 0 Å². The van der Waals surface area contributed by atoms with Gasteiger partial charge >= 0.3 is 5.97 Å². The molecule has 0 aliphatic carbocycles. The highest BCUT2D eigenvalue weighted by Gasteiger charge is 2.32. The first-order valence-corrected chi connectivity index (χ1v) is 5.75. The molecule has 0 saturated carbocycles. The molecule has 1 heterocycles. The molecule has 2 aromatic rings. The van der Waals surface area contributed by atoms with Crippen LogP contribution in [0.15, 0.2) is 24.4 Å². The number of nitrogens with zero attached hydrogens (tertiary/aromatic N) is 1. The smallest absolute Gasteiger partial charge is 0.313 e. The van der Waals surface area contributed by atoms with E-state index in [9.17, 15) is 9.90 Å². The minimum atomic E-state index is -0.925. The number of carbonyl (C=O) groups is 1. The summed E-state index contributed by atoms with van der Waals surface area (Å²) in [5, 5.41) is 10.3. The fourth-order valence-electron chi connectivity index (χ4n) is 2.21. The lowest BCUT2D eigenvalue weighted by atomic mass is 9.84. The molecule has 0 radical (unpaired) electrons. The third-order valence-electron chi connectivity index (χ3n) is 3.39. The Hall–Kier alpha value is -1.97. The summed E-state index contributed by atoms with van der Waals surface area (Å²) in [4.78, 5) is 11.4. The van der Waals surface area contributed by atoms with Crippen LogP contribution in [0.1, 0.15) is 19.4 Å². The van der Waals surface area contributed by atoms with Crippen LogP contribution >= 0.6 is 0 Å². The molecular formula is C14H17NO3. The second-order valence-electron chi connectivity index (χ2n) is 4.94. The van der Waals surface area contributed by atoms with E-state index in [1.807, 2.05) is 36.0 Å². The summed E-state index contributed by atoms with van der Waals surface area (Å²) in [5.74, 6) is -0.0831. The third kappa shape index (κ3) is 1.65. The molecule has 0 saturated heterocycles. The molecule has 0 amide bonds. The second kappa shape index (κ2) is 4.05. The van der Waals surface area contributed by atoms with Crippen LogP contribution in [0.5, 0.6) is 5.75 Å². The molecule has 96 valence electrons. The zero-order valence-corrected chi connectivity index (χ0v) is 11.0. The standard InChI is InChI=1S/C14H17NO3/c1-14(2,13(16)17)10-8-15(3)12-9(10)6-5-7-11(12)18-4/h5-8H,1-4H3,(H,16,17). The normalized spacial score (nSPS) is 11.8. The number of carboxylic acid groups (broad SMARTS) is 1. The summed E-state index contributed by atoms with van der Waals surface area (Å²) < 4.78 is 7.24.